The van der Waals surface area contributed by atoms with Crippen LogP contribution >= 0.6 is 0 Å². The van der Waals surface area contributed by atoms with Gasteiger partial charge in [-0.05, 0) is 25.1 Å². The van der Waals surface area contributed by atoms with Crippen LogP contribution in [0.15, 0.2) is 60.7 Å². The van der Waals surface area contributed by atoms with Crippen LogP contribution in [0.1, 0.15) is 5.56 Å². The van der Waals surface area contributed by atoms with E-state index in [2.05, 4.69) is 54.4 Å². The standard InChI is InChI=1S/C16H13N/c1-12-7-9-16-14(11-12)8-10-15(17-16)13-5-3-2-4-6-13/h2-11H,1H3. The molecule has 1 nitrogen and oxygen atoms in total. The molecule has 0 amide bonds. The van der Waals surface area contributed by atoms with Crippen LogP contribution in [0.2, 0.25) is 0 Å². The van der Waals surface area contributed by atoms with Crippen molar-refractivity contribution in [3.8, 4) is 11.3 Å². The third-order valence-electron chi connectivity index (χ3n) is 2.91. The van der Waals surface area contributed by atoms with Gasteiger partial charge in [-0.15, -0.1) is 0 Å². The van der Waals surface area contributed by atoms with Crippen LogP contribution in [-0.4, -0.2) is 4.98 Å². The Morgan fingerprint density at radius 1 is 0.824 bits per heavy atom. The van der Waals surface area contributed by atoms with E-state index in [0.29, 0.717) is 0 Å². The van der Waals surface area contributed by atoms with E-state index in [9.17, 15) is 0 Å². The third kappa shape index (κ3) is 1.92. The van der Waals surface area contributed by atoms with Gasteiger partial charge in [-0.2, -0.15) is 0 Å². The molecule has 0 spiro atoms. The molecule has 1 aromatic heterocycles. The van der Waals surface area contributed by atoms with Crippen molar-refractivity contribution >= 4 is 10.9 Å². The number of rotatable bonds is 1. The van der Waals surface area contributed by atoms with E-state index >= 15 is 0 Å². The number of pyridine rings is 1. The highest BCUT2D eigenvalue weighted by molar-refractivity contribution is 5.82. The Hall–Kier alpha value is -2.15. The number of hydrogen-bond acceptors (Lipinski definition) is 1. The molecule has 0 atom stereocenters. The van der Waals surface area contributed by atoms with Crippen molar-refractivity contribution in [1.29, 1.82) is 0 Å². The molecule has 0 saturated heterocycles. The number of benzene rings is 2. The molecule has 1 heteroatoms. The molecule has 2 aromatic carbocycles. The summed E-state index contributed by atoms with van der Waals surface area (Å²) in [7, 11) is 0. The molecule has 0 saturated carbocycles. The lowest BCUT2D eigenvalue weighted by Gasteiger charge is -2.03. The van der Waals surface area contributed by atoms with Gasteiger partial charge in [-0.25, -0.2) is 4.98 Å². The maximum atomic E-state index is 4.69. The predicted molar refractivity (Wildman–Crippen MR) is 71.9 cm³/mol. The maximum Gasteiger partial charge on any atom is 0.0709 e. The summed E-state index contributed by atoms with van der Waals surface area (Å²) < 4.78 is 0. The van der Waals surface area contributed by atoms with Crippen molar-refractivity contribution in [3.05, 3.63) is 66.2 Å². The van der Waals surface area contributed by atoms with Crippen LogP contribution in [0.3, 0.4) is 0 Å². The van der Waals surface area contributed by atoms with Gasteiger partial charge in [0.1, 0.15) is 0 Å². The van der Waals surface area contributed by atoms with E-state index in [0.717, 1.165) is 16.8 Å². The lowest BCUT2D eigenvalue weighted by Crippen LogP contribution is -1.85. The van der Waals surface area contributed by atoms with Gasteiger partial charge in [0.15, 0.2) is 0 Å². The summed E-state index contributed by atoms with van der Waals surface area (Å²) in [5.41, 5.74) is 4.51. The first kappa shape index (κ1) is 10.0. The van der Waals surface area contributed by atoms with Crippen molar-refractivity contribution in [2.75, 3.05) is 0 Å². The normalized spacial score (nSPS) is 10.6. The zero-order valence-electron chi connectivity index (χ0n) is 9.72. The van der Waals surface area contributed by atoms with Gasteiger partial charge in [0.05, 0.1) is 11.2 Å². The van der Waals surface area contributed by atoms with Crippen LogP contribution in [0.25, 0.3) is 22.2 Å². The van der Waals surface area contributed by atoms with E-state index in [4.69, 9.17) is 0 Å². The Morgan fingerprint density at radius 3 is 2.47 bits per heavy atom. The molecule has 0 aliphatic rings. The Kier molecular flexibility index (Phi) is 2.37. The molecule has 0 unspecified atom stereocenters. The quantitative estimate of drug-likeness (QED) is 0.597. The molecular weight excluding hydrogens is 206 g/mol. The average Bonchev–Trinajstić information content (AvgIpc) is 2.39. The molecule has 0 radical (unpaired) electrons. The van der Waals surface area contributed by atoms with Crippen LogP contribution in [-0.2, 0) is 0 Å². The summed E-state index contributed by atoms with van der Waals surface area (Å²) in [5, 5.41) is 1.20. The minimum Gasteiger partial charge on any atom is -0.248 e. The molecule has 0 aliphatic carbocycles. The fourth-order valence-corrected chi connectivity index (χ4v) is 2.01. The van der Waals surface area contributed by atoms with Gasteiger partial charge in [0.25, 0.3) is 0 Å². The smallest absolute Gasteiger partial charge is 0.0709 e. The van der Waals surface area contributed by atoms with Crippen molar-refractivity contribution < 1.29 is 0 Å². The fourth-order valence-electron chi connectivity index (χ4n) is 2.01. The summed E-state index contributed by atoms with van der Waals surface area (Å²) in [6.45, 7) is 2.10. The summed E-state index contributed by atoms with van der Waals surface area (Å²) in [4.78, 5) is 4.69. The number of hydrogen-bond donors (Lipinski definition) is 0. The van der Waals surface area contributed by atoms with Gasteiger partial charge in [0.2, 0.25) is 0 Å². The molecule has 3 aromatic rings. The first-order chi connectivity index (χ1) is 8.33. The zero-order valence-corrected chi connectivity index (χ0v) is 9.72. The topological polar surface area (TPSA) is 12.9 Å². The summed E-state index contributed by atoms with van der Waals surface area (Å²) >= 11 is 0. The highest BCUT2D eigenvalue weighted by atomic mass is 14.7. The molecule has 3 rings (SSSR count). The lowest BCUT2D eigenvalue weighted by atomic mass is 10.1. The van der Waals surface area contributed by atoms with E-state index in [1.807, 2.05) is 18.2 Å². The van der Waals surface area contributed by atoms with Crippen molar-refractivity contribution in [1.82, 2.24) is 4.98 Å². The Balaban J connectivity index is 2.17. The average molecular weight is 219 g/mol. The van der Waals surface area contributed by atoms with Gasteiger partial charge >= 0.3 is 0 Å². The van der Waals surface area contributed by atoms with Gasteiger partial charge < -0.3 is 0 Å². The fraction of sp³-hybridized carbons (Fsp3) is 0.0625. The summed E-state index contributed by atoms with van der Waals surface area (Å²) in [5.74, 6) is 0. The van der Waals surface area contributed by atoms with Gasteiger partial charge in [-0.3, -0.25) is 0 Å². The van der Waals surface area contributed by atoms with E-state index < -0.39 is 0 Å². The van der Waals surface area contributed by atoms with E-state index in [1.54, 1.807) is 0 Å². The lowest BCUT2D eigenvalue weighted by molar-refractivity contribution is 1.38. The highest BCUT2D eigenvalue weighted by Crippen LogP contribution is 2.21. The van der Waals surface area contributed by atoms with Crippen molar-refractivity contribution in [3.63, 3.8) is 0 Å². The number of aromatic nitrogens is 1. The largest absolute Gasteiger partial charge is 0.248 e. The first-order valence-electron chi connectivity index (χ1n) is 5.76. The Morgan fingerprint density at radius 2 is 1.65 bits per heavy atom. The Labute approximate surface area is 101 Å². The van der Waals surface area contributed by atoms with E-state index in [-0.39, 0.29) is 0 Å². The van der Waals surface area contributed by atoms with E-state index in [1.165, 1.54) is 10.9 Å². The van der Waals surface area contributed by atoms with Gasteiger partial charge in [-0.1, -0.05) is 48.0 Å². The van der Waals surface area contributed by atoms with Crippen LogP contribution < -0.4 is 0 Å². The summed E-state index contributed by atoms with van der Waals surface area (Å²) in [6, 6.07) is 20.8. The molecule has 17 heavy (non-hydrogen) atoms. The van der Waals surface area contributed by atoms with Crippen LogP contribution in [0, 0.1) is 6.92 Å². The number of fused-ring (bicyclic) bond motifs is 1. The van der Waals surface area contributed by atoms with Crippen molar-refractivity contribution in [2.45, 2.75) is 6.92 Å². The predicted octanol–water partition coefficient (Wildman–Crippen LogP) is 4.21. The minimum absolute atomic E-state index is 1.03. The third-order valence-corrected chi connectivity index (χ3v) is 2.91. The molecular formula is C16H13N. The second kappa shape index (κ2) is 4.02. The second-order valence-electron chi connectivity index (χ2n) is 4.26. The monoisotopic (exact) mass is 219 g/mol. The maximum absolute atomic E-state index is 4.69. The SMILES string of the molecule is Cc1ccc2nc(-c3ccccc3)ccc2c1. The molecule has 0 aliphatic heterocycles. The van der Waals surface area contributed by atoms with Gasteiger partial charge in [0, 0.05) is 10.9 Å². The minimum atomic E-state index is 1.03. The molecule has 0 N–H and O–H groups in total. The molecule has 1 heterocycles. The second-order valence-corrected chi connectivity index (χ2v) is 4.26. The zero-order chi connectivity index (χ0) is 11.7. The Bertz CT molecular complexity index is 657. The number of aryl methyl sites for hydroxylation is 1. The van der Waals surface area contributed by atoms with Crippen LogP contribution in [0.5, 0.6) is 0 Å². The highest BCUT2D eigenvalue weighted by Gasteiger charge is 2.00. The molecule has 82 valence electrons. The molecule has 0 bridgehead atoms. The summed E-state index contributed by atoms with van der Waals surface area (Å²) in [6.07, 6.45) is 0. The number of nitrogens with zero attached hydrogens (tertiary/aromatic N) is 1. The molecule has 0 fully saturated rings. The van der Waals surface area contributed by atoms with Crippen LogP contribution in [0.4, 0.5) is 0 Å². The first-order valence-corrected chi connectivity index (χ1v) is 5.76. The van der Waals surface area contributed by atoms with Crippen molar-refractivity contribution in [2.24, 2.45) is 0 Å².